The summed E-state index contributed by atoms with van der Waals surface area (Å²) in [7, 11) is 1.59. The fourth-order valence-corrected chi connectivity index (χ4v) is 2.39. The molecule has 0 bridgehead atoms. The zero-order chi connectivity index (χ0) is 14.7. The Morgan fingerprint density at radius 3 is 2.80 bits per heavy atom. The summed E-state index contributed by atoms with van der Waals surface area (Å²) < 4.78 is 7.21. The van der Waals surface area contributed by atoms with Gasteiger partial charge in [0, 0.05) is 35.8 Å². The van der Waals surface area contributed by atoms with E-state index in [2.05, 4.69) is 9.55 Å². The van der Waals surface area contributed by atoms with Crippen molar-refractivity contribution in [3.63, 3.8) is 0 Å². The fraction of sp³-hybridized carbons (Fsp3) is 0.333. The molecule has 0 saturated carbocycles. The SMILES string of the molecule is COc1cc(Cn2c(C)cc(C(=O)CCl)c2C)ccn1. The molecule has 2 heterocycles. The van der Waals surface area contributed by atoms with Gasteiger partial charge in [0.1, 0.15) is 0 Å². The third-order valence-electron chi connectivity index (χ3n) is 3.34. The highest BCUT2D eigenvalue weighted by Crippen LogP contribution is 2.19. The molecule has 5 heteroatoms. The van der Waals surface area contributed by atoms with Crippen molar-refractivity contribution in [1.82, 2.24) is 9.55 Å². The molecule has 0 atom stereocenters. The Hall–Kier alpha value is -1.81. The second-order valence-electron chi connectivity index (χ2n) is 4.63. The number of Topliss-reactive ketones (excluding diaryl/α,β-unsaturated/α-hetero) is 1. The molecular weight excluding hydrogens is 276 g/mol. The Morgan fingerprint density at radius 1 is 1.40 bits per heavy atom. The van der Waals surface area contributed by atoms with Crippen LogP contribution in [0.4, 0.5) is 0 Å². The molecule has 0 N–H and O–H groups in total. The van der Waals surface area contributed by atoms with Crippen LogP contribution in [0, 0.1) is 13.8 Å². The maximum atomic E-state index is 11.8. The van der Waals surface area contributed by atoms with Crippen LogP contribution in [0.25, 0.3) is 0 Å². The first kappa shape index (κ1) is 14.6. The number of nitrogens with zero attached hydrogens (tertiary/aromatic N) is 2. The van der Waals surface area contributed by atoms with E-state index in [0.717, 1.165) is 17.0 Å². The summed E-state index contributed by atoms with van der Waals surface area (Å²) in [6, 6.07) is 5.71. The second kappa shape index (κ2) is 6.09. The van der Waals surface area contributed by atoms with Gasteiger partial charge in [0.25, 0.3) is 0 Å². The lowest BCUT2D eigenvalue weighted by Crippen LogP contribution is -2.07. The number of hydrogen-bond acceptors (Lipinski definition) is 3. The van der Waals surface area contributed by atoms with Crippen LogP contribution in [-0.2, 0) is 6.54 Å². The van der Waals surface area contributed by atoms with Crippen molar-refractivity contribution < 1.29 is 9.53 Å². The molecule has 0 aliphatic carbocycles. The maximum absolute atomic E-state index is 11.8. The van der Waals surface area contributed by atoms with E-state index in [1.807, 2.05) is 32.0 Å². The summed E-state index contributed by atoms with van der Waals surface area (Å²) in [5.41, 5.74) is 3.73. The zero-order valence-electron chi connectivity index (χ0n) is 11.8. The van der Waals surface area contributed by atoms with E-state index < -0.39 is 0 Å². The molecule has 0 radical (unpaired) electrons. The summed E-state index contributed by atoms with van der Waals surface area (Å²) in [5.74, 6) is 0.549. The van der Waals surface area contributed by atoms with E-state index in [1.165, 1.54) is 0 Å². The van der Waals surface area contributed by atoms with Crippen LogP contribution < -0.4 is 4.74 Å². The van der Waals surface area contributed by atoms with E-state index in [1.54, 1.807) is 13.3 Å². The van der Waals surface area contributed by atoms with Crippen LogP contribution >= 0.6 is 11.6 Å². The Morgan fingerprint density at radius 2 is 2.15 bits per heavy atom. The third kappa shape index (κ3) is 2.85. The summed E-state index contributed by atoms with van der Waals surface area (Å²) in [6.45, 7) is 4.59. The van der Waals surface area contributed by atoms with Gasteiger partial charge in [-0.15, -0.1) is 11.6 Å². The minimum absolute atomic E-state index is 0.00731. The number of alkyl halides is 1. The van der Waals surface area contributed by atoms with Gasteiger partial charge in [-0.05, 0) is 31.5 Å². The minimum atomic E-state index is -0.0432. The lowest BCUT2D eigenvalue weighted by atomic mass is 10.2. The molecule has 0 spiro atoms. The summed E-state index contributed by atoms with van der Waals surface area (Å²) in [6.07, 6.45) is 1.72. The molecule has 2 aromatic rings. The zero-order valence-corrected chi connectivity index (χ0v) is 12.6. The van der Waals surface area contributed by atoms with Crippen LogP contribution in [0.1, 0.15) is 27.3 Å². The largest absolute Gasteiger partial charge is 0.481 e. The van der Waals surface area contributed by atoms with Gasteiger partial charge in [-0.25, -0.2) is 4.98 Å². The highest BCUT2D eigenvalue weighted by atomic mass is 35.5. The lowest BCUT2D eigenvalue weighted by molar-refractivity contribution is 0.102. The van der Waals surface area contributed by atoms with Gasteiger partial charge in [0.05, 0.1) is 13.0 Å². The average Bonchev–Trinajstić information content (AvgIpc) is 2.75. The monoisotopic (exact) mass is 292 g/mol. The number of carbonyl (C=O) groups is 1. The Kier molecular flexibility index (Phi) is 4.45. The number of ether oxygens (including phenoxy) is 1. The smallest absolute Gasteiger partial charge is 0.213 e. The van der Waals surface area contributed by atoms with Gasteiger partial charge < -0.3 is 9.30 Å². The number of hydrogen-bond donors (Lipinski definition) is 0. The fourth-order valence-electron chi connectivity index (χ4n) is 2.24. The summed E-state index contributed by atoms with van der Waals surface area (Å²) in [4.78, 5) is 15.9. The van der Waals surface area contributed by atoms with Crippen LogP contribution in [0.2, 0.25) is 0 Å². The van der Waals surface area contributed by atoms with Crippen molar-refractivity contribution in [3.8, 4) is 5.88 Å². The number of rotatable bonds is 5. The van der Waals surface area contributed by atoms with E-state index in [0.29, 0.717) is 18.0 Å². The second-order valence-corrected chi connectivity index (χ2v) is 4.90. The first-order chi connectivity index (χ1) is 9.56. The van der Waals surface area contributed by atoms with Crippen molar-refractivity contribution in [2.45, 2.75) is 20.4 Å². The molecule has 0 fully saturated rings. The average molecular weight is 293 g/mol. The normalized spacial score (nSPS) is 10.6. The molecule has 20 heavy (non-hydrogen) atoms. The number of methoxy groups -OCH3 is 1. The van der Waals surface area contributed by atoms with E-state index in [4.69, 9.17) is 16.3 Å². The van der Waals surface area contributed by atoms with Crippen LogP contribution in [0.5, 0.6) is 5.88 Å². The van der Waals surface area contributed by atoms with Gasteiger partial charge >= 0.3 is 0 Å². The van der Waals surface area contributed by atoms with Crippen LogP contribution in [0.15, 0.2) is 24.4 Å². The van der Waals surface area contributed by atoms with Crippen molar-refractivity contribution in [2.75, 3.05) is 13.0 Å². The molecule has 0 amide bonds. The maximum Gasteiger partial charge on any atom is 0.213 e. The highest BCUT2D eigenvalue weighted by molar-refractivity contribution is 6.30. The highest BCUT2D eigenvalue weighted by Gasteiger charge is 2.15. The first-order valence-electron chi connectivity index (χ1n) is 6.31. The lowest BCUT2D eigenvalue weighted by Gasteiger charge is -2.10. The molecule has 0 aliphatic rings. The number of aryl methyl sites for hydroxylation is 1. The van der Waals surface area contributed by atoms with E-state index in [-0.39, 0.29) is 11.7 Å². The molecule has 0 saturated heterocycles. The molecule has 0 aliphatic heterocycles. The predicted molar refractivity (Wildman–Crippen MR) is 78.8 cm³/mol. The number of aromatic nitrogens is 2. The van der Waals surface area contributed by atoms with Gasteiger partial charge in [-0.2, -0.15) is 0 Å². The van der Waals surface area contributed by atoms with E-state index in [9.17, 15) is 4.79 Å². The Bertz CT molecular complexity index is 635. The number of pyridine rings is 1. The minimum Gasteiger partial charge on any atom is -0.481 e. The Labute approximate surface area is 123 Å². The summed E-state index contributed by atoms with van der Waals surface area (Å²) in [5, 5.41) is 0. The van der Waals surface area contributed by atoms with Gasteiger partial charge in [-0.1, -0.05) is 0 Å². The van der Waals surface area contributed by atoms with Crippen LogP contribution in [0.3, 0.4) is 0 Å². The van der Waals surface area contributed by atoms with Crippen molar-refractivity contribution in [1.29, 1.82) is 0 Å². The Balaban J connectivity index is 2.33. The first-order valence-corrected chi connectivity index (χ1v) is 6.85. The summed E-state index contributed by atoms with van der Waals surface area (Å²) >= 11 is 5.64. The molecule has 0 unspecified atom stereocenters. The van der Waals surface area contributed by atoms with Crippen LogP contribution in [-0.4, -0.2) is 28.3 Å². The van der Waals surface area contributed by atoms with E-state index >= 15 is 0 Å². The van der Waals surface area contributed by atoms with Crippen molar-refractivity contribution in [3.05, 3.63) is 46.9 Å². The molecule has 106 valence electrons. The molecule has 4 nitrogen and oxygen atoms in total. The number of ketones is 1. The van der Waals surface area contributed by atoms with Gasteiger partial charge in [0.2, 0.25) is 5.88 Å². The molecular formula is C15H17ClN2O2. The predicted octanol–water partition coefficient (Wildman–Crippen LogP) is 2.98. The standard InChI is InChI=1S/C15H17ClN2O2/c1-10-6-13(14(19)8-16)11(2)18(10)9-12-4-5-17-15(7-12)20-3/h4-7H,8-9H2,1-3H3. The molecule has 2 aromatic heterocycles. The number of carbonyl (C=O) groups excluding carboxylic acids is 1. The topological polar surface area (TPSA) is 44.1 Å². The van der Waals surface area contributed by atoms with Gasteiger partial charge in [-0.3, -0.25) is 4.79 Å². The quantitative estimate of drug-likeness (QED) is 0.628. The van der Waals surface area contributed by atoms with Crippen molar-refractivity contribution in [2.24, 2.45) is 0 Å². The van der Waals surface area contributed by atoms with Crippen molar-refractivity contribution >= 4 is 17.4 Å². The number of halogens is 1. The molecule has 2 rings (SSSR count). The third-order valence-corrected chi connectivity index (χ3v) is 3.59. The van der Waals surface area contributed by atoms with Gasteiger partial charge in [0.15, 0.2) is 5.78 Å². The molecule has 0 aromatic carbocycles.